The number of rotatable bonds is 4. The largest absolute Gasteiger partial charge is 0.340 e. The molecule has 3 rings (SSSR count). The van der Waals surface area contributed by atoms with Gasteiger partial charge in [-0.05, 0) is 37.0 Å². The first kappa shape index (κ1) is 12.7. The third kappa shape index (κ3) is 3.58. The van der Waals surface area contributed by atoms with Gasteiger partial charge in [0.05, 0.1) is 0 Å². The van der Waals surface area contributed by atoms with Crippen LogP contribution in [0.2, 0.25) is 10.2 Å². The van der Waals surface area contributed by atoms with Crippen molar-refractivity contribution in [3.63, 3.8) is 0 Å². The predicted octanol–water partition coefficient (Wildman–Crippen LogP) is 4.48. The van der Waals surface area contributed by atoms with Crippen LogP contribution in [0.15, 0.2) is 30.3 Å². The van der Waals surface area contributed by atoms with Crippen molar-refractivity contribution in [3.8, 4) is 0 Å². The van der Waals surface area contributed by atoms with E-state index in [1.165, 1.54) is 12.8 Å². The van der Waals surface area contributed by atoms with Crippen molar-refractivity contribution in [2.75, 3.05) is 5.32 Å². The molecule has 98 valence electrons. The second-order valence-electron chi connectivity index (χ2n) is 4.77. The summed E-state index contributed by atoms with van der Waals surface area (Å²) in [6.07, 6.45) is 3.45. The van der Waals surface area contributed by atoms with E-state index in [0.29, 0.717) is 16.0 Å². The maximum absolute atomic E-state index is 6.03. The first-order chi connectivity index (χ1) is 9.19. The number of hydrogen-bond acceptors (Lipinski definition) is 3. The van der Waals surface area contributed by atoms with Crippen LogP contribution in [0.25, 0.3) is 0 Å². The maximum atomic E-state index is 6.03. The van der Waals surface area contributed by atoms with Gasteiger partial charge in [-0.25, -0.2) is 9.97 Å². The Bertz CT molecular complexity index is 597. The average molecular weight is 294 g/mol. The molecule has 0 bridgehead atoms. The molecular formula is C14H13Cl2N3. The zero-order valence-electron chi connectivity index (χ0n) is 10.2. The first-order valence-corrected chi connectivity index (χ1v) is 7.01. The quantitative estimate of drug-likeness (QED) is 0.845. The van der Waals surface area contributed by atoms with Gasteiger partial charge in [0.2, 0.25) is 0 Å². The van der Waals surface area contributed by atoms with Crippen LogP contribution in [-0.2, 0) is 6.42 Å². The molecule has 19 heavy (non-hydrogen) atoms. The summed E-state index contributed by atoms with van der Waals surface area (Å²) in [5.41, 5.74) is 0.889. The van der Waals surface area contributed by atoms with Gasteiger partial charge in [-0.15, -0.1) is 0 Å². The molecule has 1 fully saturated rings. The molecule has 1 aromatic heterocycles. The molecule has 0 saturated heterocycles. The average Bonchev–Trinajstić information content (AvgIpc) is 3.12. The third-order valence-corrected chi connectivity index (χ3v) is 3.44. The van der Waals surface area contributed by atoms with E-state index in [1.54, 1.807) is 6.07 Å². The second kappa shape index (κ2) is 5.35. The molecule has 0 aliphatic heterocycles. The Balaban J connectivity index is 1.81. The molecule has 2 aromatic rings. The van der Waals surface area contributed by atoms with E-state index in [2.05, 4.69) is 15.3 Å². The van der Waals surface area contributed by atoms with Crippen LogP contribution in [0.3, 0.4) is 0 Å². The van der Waals surface area contributed by atoms with Gasteiger partial charge in [-0.1, -0.05) is 29.3 Å². The lowest BCUT2D eigenvalue weighted by molar-refractivity contribution is 0.771. The zero-order valence-corrected chi connectivity index (χ0v) is 11.7. The van der Waals surface area contributed by atoms with E-state index in [0.717, 1.165) is 23.9 Å². The standard InChI is InChI=1S/C14H13Cl2N3/c15-10-2-1-3-11(7-10)17-14-8-12(16)18-13(19-14)6-9-4-5-9/h1-3,7-9H,4-6H2,(H,17,18,19). The van der Waals surface area contributed by atoms with Crippen LogP contribution in [0.4, 0.5) is 11.5 Å². The number of hydrogen-bond donors (Lipinski definition) is 1. The molecule has 5 heteroatoms. The molecular weight excluding hydrogens is 281 g/mol. The monoisotopic (exact) mass is 293 g/mol. The van der Waals surface area contributed by atoms with Crippen molar-refractivity contribution in [1.29, 1.82) is 0 Å². The van der Waals surface area contributed by atoms with Gasteiger partial charge in [-0.3, -0.25) is 0 Å². The molecule has 0 spiro atoms. The number of halogens is 2. The second-order valence-corrected chi connectivity index (χ2v) is 5.60. The summed E-state index contributed by atoms with van der Waals surface area (Å²) in [5, 5.41) is 4.35. The molecule has 1 aliphatic rings. The first-order valence-electron chi connectivity index (χ1n) is 6.25. The minimum atomic E-state index is 0.468. The summed E-state index contributed by atoms with van der Waals surface area (Å²) in [7, 11) is 0. The Morgan fingerprint density at radius 1 is 1.16 bits per heavy atom. The fraction of sp³-hybridized carbons (Fsp3) is 0.286. The highest BCUT2D eigenvalue weighted by atomic mass is 35.5. The summed E-state index contributed by atoms with van der Waals surface area (Å²) in [5.74, 6) is 2.25. The lowest BCUT2D eigenvalue weighted by Gasteiger charge is -2.08. The Hall–Kier alpha value is -1.32. The highest BCUT2D eigenvalue weighted by Gasteiger charge is 2.23. The molecule has 1 aromatic carbocycles. The molecule has 0 unspecified atom stereocenters. The van der Waals surface area contributed by atoms with E-state index in [-0.39, 0.29) is 0 Å². The highest BCUT2D eigenvalue weighted by molar-refractivity contribution is 6.31. The minimum Gasteiger partial charge on any atom is -0.340 e. The molecule has 3 nitrogen and oxygen atoms in total. The highest BCUT2D eigenvalue weighted by Crippen LogP contribution is 2.32. The van der Waals surface area contributed by atoms with Crippen LogP contribution in [-0.4, -0.2) is 9.97 Å². The minimum absolute atomic E-state index is 0.468. The van der Waals surface area contributed by atoms with Crippen LogP contribution in [0, 0.1) is 5.92 Å². The zero-order chi connectivity index (χ0) is 13.2. The lowest BCUT2D eigenvalue weighted by Crippen LogP contribution is -2.01. The molecule has 1 heterocycles. The van der Waals surface area contributed by atoms with Gasteiger partial charge >= 0.3 is 0 Å². The van der Waals surface area contributed by atoms with Crippen molar-refractivity contribution < 1.29 is 0 Å². The lowest BCUT2D eigenvalue weighted by atomic mass is 10.3. The van der Waals surface area contributed by atoms with Gasteiger partial charge in [0, 0.05) is 23.2 Å². The maximum Gasteiger partial charge on any atom is 0.135 e. The van der Waals surface area contributed by atoms with E-state index in [9.17, 15) is 0 Å². The van der Waals surface area contributed by atoms with Gasteiger partial charge < -0.3 is 5.32 Å². The van der Waals surface area contributed by atoms with Gasteiger partial charge in [-0.2, -0.15) is 0 Å². The topological polar surface area (TPSA) is 37.8 Å². The Morgan fingerprint density at radius 3 is 2.74 bits per heavy atom. The Morgan fingerprint density at radius 2 is 2.00 bits per heavy atom. The van der Waals surface area contributed by atoms with E-state index < -0.39 is 0 Å². The predicted molar refractivity (Wildman–Crippen MR) is 78.2 cm³/mol. The van der Waals surface area contributed by atoms with Crippen molar-refractivity contribution in [2.24, 2.45) is 5.92 Å². The Kier molecular flexibility index (Phi) is 3.58. The molecule has 0 amide bonds. The third-order valence-electron chi connectivity index (χ3n) is 3.01. The van der Waals surface area contributed by atoms with Gasteiger partial charge in [0.25, 0.3) is 0 Å². The van der Waals surface area contributed by atoms with E-state index >= 15 is 0 Å². The number of benzene rings is 1. The van der Waals surface area contributed by atoms with Gasteiger partial charge in [0.15, 0.2) is 0 Å². The number of nitrogens with zero attached hydrogens (tertiary/aromatic N) is 2. The molecule has 1 saturated carbocycles. The fourth-order valence-electron chi connectivity index (χ4n) is 1.91. The number of nitrogens with one attached hydrogen (secondary N) is 1. The van der Waals surface area contributed by atoms with Crippen LogP contribution in [0.1, 0.15) is 18.7 Å². The van der Waals surface area contributed by atoms with E-state index in [1.807, 2.05) is 24.3 Å². The summed E-state index contributed by atoms with van der Waals surface area (Å²) in [4.78, 5) is 8.75. The Labute approximate surface area is 122 Å². The summed E-state index contributed by atoms with van der Waals surface area (Å²) < 4.78 is 0. The van der Waals surface area contributed by atoms with Gasteiger partial charge in [0.1, 0.15) is 16.8 Å². The normalized spacial score (nSPS) is 14.4. The van der Waals surface area contributed by atoms with Crippen molar-refractivity contribution in [3.05, 3.63) is 46.3 Å². The molecule has 0 atom stereocenters. The molecule has 1 aliphatic carbocycles. The van der Waals surface area contributed by atoms with Crippen LogP contribution < -0.4 is 5.32 Å². The van der Waals surface area contributed by atoms with E-state index in [4.69, 9.17) is 23.2 Å². The van der Waals surface area contributed by atoms with Crippen molar-refractivity contribution in [2.45, 2.75) is 19.3 Å². The van der Waals surface area contributed by atoms with Crippen LogP contribution in [0.5, 0.6) is 0 Å². The van der Waals surface area contributed by atoms with Crippen LogP contribution >= 0.6 is 23.2 Å². The number of aromatic nitrogens is 2. The van der Waals surface area contributed by atoms with Crippen molar-refractivity contribution >= 4 is 34.7 Å². The molecule has 0 radical (unpaired) electrons. The van der Waals surface area contributed by atoms with Crippen molar-refractivity contribution in [1.82, 2.24) is 9.97 Å². The summed E-state index contributed by atoms with van der Waals surface area (Å²) >= 11 is 12.0. The fourth-order valence-corrected chi connectivity index (χ4v) is 2.31. The smallest absolute Gasteiger partial charge is 0.135 e. The SMILES string of the molecule is Clc1cccc(Nc2cc(Cl)nc(CC3CC3)n2)c1. The molecule has 1 N–H and O–H groups in total. The summed E-state index contributed by atoms with van der Waals surface area (Å²) in [6.45, 7) is 0. The number of anilines is 2. The summed E-state index contributed by atoms with van der Waals surface area (Å²) in [6, 6.07) is 9.22.